The second-order valence-electron chi connectivity index (χ2n) is 7.88. The first kappa shape index (κ1) is 29.5. The van der Waals surface area contributed by atoms with Crippen molar-refractivity contribution < 1.29 is 34.2 Å². The van der Waals surface area contributed by atoms with Crippen LogP contribution >= 0.6 is 0 Å². The Morgan fingerprint density at radius 2 is 1.60 bits per heavy atom. The van der Waals surface area contributed by atoms with Crippen molar-refractivity contribution in [1.29, 1.82) is 0 Å². The molecule has 0 saturated carbocycles. The Morgan fingerprint density at radius 3 is 2.14 bits per heavy atom. The first-order chi connectivity index (χ1) is 16.6. The van der Waals surface area contributed by atoms with Crippen LogP contribution in [0.4, 0.5) is 0 Å². The highest BCUT2D eigenvalue weighted by atomic mass is 16.4. The summed E-state index contributed by atoms with van der Waals surface area (Å²) in [6.07, 6.45) is 3.77. The molecule has 1 heterocycles. The number of carbonyl (C=O) groups excluding carboxylic acids is 4. The van der Waals surface area contributed by atoms with Gasteiger partial charge in [0.15, 0.2) is 0 Å². The number of carbonyl (C=O) groups is 5. The van der Waals surface area contributed by atoms with E-state index in [0.29, 0.717) is 31.5 Å². The van der Waals surface area contributed by atoms with Crippen molar-refractivity contribution in [3.63, 3.8) is 0 Å². The number of unbranched alkanes of at least 4 members (excludes halogenated alkanes) is 1. The summed E-state index contributed by atoms with van der Waals surface area (Å²) >= 11 is 0. The molecular formula is C20H34N8O7. The van der Waals surface area contributed by atoms with Gasteiger partial charge in [0.25, 0.3) is 0 Å². The largest absolute Gasteiger partial charge is 0.480 e. The summed E-state index contributed by atoms with van der Waals surface area (Å²) in [6.45, 7) is -0.420. The van der Waals surface area contributed by atoms with Crippen molar-refractivity contribution in [2.45, 2.75) is 62.7 Å². The van der Waals surface area contributed by atoms with Crippen LogP contribution < -0.4 is 33.2 Å². The van der Waals surface area contributed by atoms with E-state index in [4.69, 9.17) is 17.2 Å². The van der Waals surface area contributed by atoms with Gasteiger partial charge in [-0.15, -0.1) is 0 Å². The summed E-state index contributed by atoms with van der Waals surface area (Å²) in [7, 11) is 0. The second kappa shape index (κ2) is 15.4. The quantitative estimate of drug-likeness (QED) is 0.0945. The third-order valence-corrected chi connectivity index (χ3v) is 5.03. The Labute approximate surface area is 201 Å². The topological polar surface area (TPSA) is 269 Å². The molecule has 0 aliphatic carbocycles. The number of H-pyrrole nitrogens is 1. The van der Waals surface area contributed by atoms with E-state index in [1.54, 1.807) is 0 Å². The maximum atomic E-state index is 12.8. The third kappa shape index (κ3) is 10.9. The number of aromatic nitrogens is 2. The number of nitrogens with zero attached hydrogens (tertiary/aromatic N) is 1. The van der Waals surface area contributed by atoms with E-state index in [1.165, 1.54) is 12.5 Å². The number of aliphatic carboxylic acids is 1. The van der Waals surface area contributed by atoms with E-state index >= 15 is 0 Å². The normalized spacial score (nSPS) is 14.3. The van der Waals surface area contributed by atoms with Crippen molar-refractivity contribution in [2.24, 2.45) is 17.2 Å². The molecular weight excluding hydrogens is 464 g/mol. The number of amides is 4. The molecule has 0 saturated heterocycles. The molecule has 4 amide bonds. The van der Waals surface area contributed by atoms with Crippen molar-refractivity contribution in [3.05, 3.63) is 18.2 Å². The van der Waals surface area contributed by atoms with Crippen LogP contribution in [-0.4, -0.2) is 87.1 Å². The van der Waals surface area contributed by atoms with Crippen molar-refractivity contribution >= 4 is 29.6 Å². The molecule has 12 N–H and O–H groups in total. The standard InChI is InChI=1S/C20H34N8O7/c21-6-2-1-3-12(22)17(31)26-13(4-5-16(23)30)18(32)28-15(9-29)19(33)27-14(20(34)35)7-11-8-24-10-25-11/h8,10,12-15,29H,1-7,9,21-22H2,(H2,23,30)(H,24,25)(H,26,31)(H,27,33)(H,28,32)(H,34,35). The lowest BCUT2D eigenvalue weighted by molar-refractivity contribution is -0.142. The summed E-state index contributed by atoms with van der Waals surface area (Å²) < 4.78 is 0. The fraction of sp³-hybridized carbons (Fsp3) is 0.600. The average Bonchev–Trinajstić information content (AvgIpc) is 3.32. The van der Waals surface area contributed by atoms with Gasteiger partial charge in [0.2, 0.25) is 23.6 Å². The molecule has 0 aromatic carbocycles. The first-order valence-electron chi connectivity index (χ1n) is 11.0. The molecule has 0 spiro atoms. The fourth-order valence-electron chi connectivity index (χ4n) is 3.03. The molecule has 0 fully saturated rings. The molecule has 15 nitrogen and oxygen atoms in total. The van der Waals surface area contributed by atoms with Gasteiger partial charge in [-0.25, -0.2) is 9.78 Å². The molecule has 4 unspecified atom stereocenters. The summed E-state index contributed by atoms with van der Waals surface area (Å²) in [5, 5.41) is 25.9. The van der Waals surface area contributed by atoms with Gasteiger partial charge in [0.1, 0.15) is 18.1 Å². The van der Waals surface area contributed by atoms with Gasteiger partial charge in [-0.1, -0.05) is 6.42 Å². The van der Waals surface area contributed by atoms with Crippen molar-refractivity contribution in [3.8, 4) is 0 Å². The fourth-order valence-corrected chi connectivity index (χ4v) is 3.03. The van der Waals surface area contributed by atoms with Gasteiger partial charge < -0.3 is 48.3 Å². The van der Waals surface area contributed by atoms with Gasteiger partial charge in [-0.3, -0.25) is 19.2 Å². The van der Waals surface area contributed by atoms with Crippen LogP contribution in [0.1, 0.15) is 37.8 Å². The minimum absolute atomic E-state index is 0.119. The number of primary amides is 1. The van der Waals surface area contributed by atoms with E-state index in [-0.39, 0.29) is 19.3 Å². The molecule has 35 heavy (non-hydrogen) atoms. The number of imidazole rings is 1. The SMILES string of the molecule is NCCCCC(N)C(=O)NC(CCC(N)=O)C(=O)NC(CO)C(=O)NC(Cc1cnc[nH]1)C(=O)O. The van der Waals surface area contributed by atoms with E-state index < -0.39 is 60.4 Å². The number of rotatable bonds is 17. The Morgan fingerprint density at radius 1 is 0.971 bits per heavy atom. The predicted octanol–water partition coefficient (Wildman–Crippen LogP) is -3.79. The van der Waals surface area contributed by atoms with Crippen LogP contribution in [-0.2, 0) is 30.4 Å². The average molecular weight is 499 g/mol. The van der Waals surface area contributed by atoms with Crippen LogP contribution in [0.2, 0.25) is 0 Å². The number of aromatic amines is 1. The molecule has 1 aromatic heterocycles. The lowest BCUT2D eigenvalue weighted by Crippen LogP contribution is -2.58. The maximum Gasteiger partial charge on any atom is 0.326 e. The van der Waals surface area contributed by atoms with Crippen molar-refractivity contribution in [1.82, 2.24) is 25.9 Å². The van der Waals surface area contributed by atoms with Gasteiger partial charge in [-0.2, -0.15) is 0 Å². The Kier molecular flexibility index (Phi) is 12.9. The van der Waals surface area contributed by atoms with Crippen LogP contribution in [0.25, 0.3) is 0 Å². The maximum absolute atomic E-state index is 12.8. The van der Waals surface area contributed by atoms with Crippen LogP contribution in [0.5, 0.6) is 0 Å². The molecule has 196 valence electrons. The monoisotopic (exact) mass is 498 g/mol. The zero-order chi connectivity index (χ0) is 26.4. The highest BCUT2D eigenvalue weighted by molar-refractivity contribution is 5.94. The van der Waals surface area contributed by atoms with Gasteiger partial charge in [-0.05, 0) is 25.8 Å². The Bertz CT molecular complexity index is 849. The molecule has 0 aliphatic heterocycles. The second-order valence-corrected chi connectivity index (χ2v) is 7.88. The minimum Gasteiger partial charge on any atom is -0.480 e. The number of aliphatic hydroxyl groups excluding tert-OH is 1. The minimum atomic E-state index is -1.53. The van der Waals surface area contributed by atoms with E-state index in [0.717, 1.165) is 0 Å². The molecule has 0 aliphatic rings. The molecule has 4 atom stereocenters. The molecule has 15 heteroatoms. The lowest BCUT2D eigenvalue weighted by Gasteiger charge is -2.24. The first-order valence-corrected chi connectivity index (χ1v) is 11.0. The molecule has 1 aromatic rings. The van der Waals surface area contributed by atoms with Crippen LogP contribution in [0.3, 0.4) is 0 Å². The summed E-state index contributed by atoms with van der Waals surface area (Å²) in [4.78, 5) is 66.9. The smallest absolute Gasteiger partial charge is 0.326 e. The Balaban J connectivity index is 2.83. The molecule has 1 rings (SSSR count). The molecule has 0 bridgehead atoms. The number of nitrogens with two attached hydrogens (primary N) is 3. The summed E-state index contributed by atoms with van der Waals surface area (Å²) in [5.74, 6) is -4.56. The summed E-state index contributed by atoms with van der Waals surface area (Å²) in [5.41, 5.74) is 16.8. The highest BCUT2D eigenvalue weighted by Crippen LogP contribution is 2.04. The number of nitrogens with one attached hydrogen (secondary N) is 4. The molecule has 0 radical (unpaired) electrons. The number of aliphatic hydroxyl groups is 1. The number of carboxylic acid groups (broad SMARTS) is 1. The number of hydrogen-bond acceptors (Lipinski definition) is 9. The zero-order valence-corrected chi connectivity index (χ0v) is 19.2. The van der Waals surface area contributed by atoms with Crippen molar-refractivity contribution in [2.75, 3.05) is 13.2 Å². The van der Waals surface area contributed by atoms with E-state index in [9.17, 15) is 34.2 Å². The van der Waals surface area contributed by atoms with E-state index in [2.05, 4.69) is 25.9 Å². The summed E-state index contributed by atoms with van der Waals surface area (Å²) in [6, 6.07) is -5.11. The zero-order valence-electron chi connectivity index (χ0n) is 19.2. The predicted molar refractivity (Wildman–Crippen MR) is 122 cm³/mol. The van der Waals surface area contributed by atoms with Gasteiger partial charge in [0, 0.05) is 24.7 Å². The van der Waals surface area contributed by atoms with Gasteiger partial charge in [0.05, 0.1) is 19.0 Å². The lowest BCUT2D eigenvalue weighted by atomic mass is 10.1. The third-order valence-electron chi connectivity index (χ3n) is 5.03. The van der Waals surface area contributed by atoms with Crippen LogP contribution in [0.15, 0.2) is 12.5 Å². The van der Waals surface area contributed by atoms with Gasteiger partial charge >= 0.3 is 5.97 Å². The number of carboxylic acids is 1. The van der Waals surface area contributed by atoms with E-state index in [1.807, 2.05) is 0 Å². The highest BCUT2D eigenvalue weighted by Gasteiger charge is 2.30. The number of hydrogen-bond donors (Lipinski definition) is 9. The Hall–Kier alpha value is -3.56. The van der Waals surface area contributed by atoms with Crippen LogP contribution in [0, 0.1) is 0 Å².